The summed E-state index contributed by atoms with van der Waals surface area (Å²) in [5.41, 5.74) is 0. The molecule has 4 heterocycles. The van der Waals surface area contributed by atoms with Gasteiger partial charge in [0.2, 0.25) is 11.9 Å². The number of ether oxygens (including phenoxy) is 1. The summed E-state index contributed by atoms with van der Waals surface area (Å²) in [6, 6.07) is 1.83. The van der Waals surface area contributed by atoms with Crippen molar-refractivity contribution in [1.82, 2.24) is 25.1 Å². The molecule has 25 heavy (non-hydrogen) atoms. The Bertz CT molecular complexity index is 671. The highest BCUT2D eigenvalue weighted by Crippen LogP contribution is 2.17. The van der Waals surface area contributed by atoms with Crippen molar-refractivity contribution < 1.29 is 4.74 Å². The summed E-state index contributed by atoms with van der Waals surface area (Å²) in [5, 5.41) is 11.4. The van der Waals surface area contributed by atoms with Crippen molar-refractivity contribution in [2.45, 2.75) is 18.9 Å². The molecule has 2 saturated heterocycles. The molecule has 9 nitrogen and oxygen atoms in total. The van der Waals surface area contributed by atoms with Crippen LogP contribution < -0.4 is 15.1 Å². The first-order valence-electron chi connectivity index (χ1n) is 8.70. The Hall–Kier alpha value is -2.55. The van der Waals surface area contributed by atoms with Gasteiger partial charge in [-0.05, 0) is 18.9 Å². The van der Waals surface area contributed by atoms with Crippen LogP contribution in [0.1, 0.15) is 12.8 Å². The fraction of sp³-hybridized carbons (Fsp3) is 0.562. The van der Waals surface area contributed by atoms with Crippen LogP contribution in [-0.2, 0) is 4.74 Å². The first kappa shape index (κ1) is 15.9. The van der Waals surface area contributed by atoms with Crippen molar-refractivity contribution in [3.8, 4) is 0 Å². The molecule has 2 fully saturated rings. The molecule has 2 aliphatic rings. The Labute approximate surface area is 146 Å². The lowest BCUT2D eigenvalue weighted by atomic mass is 10.2. The molecule has 132 valence electrons. The number of hydrogen-bond donors (Lipinski definition) is 1. The van der Waals surface area contributed by atoms with Crippen LogP contribution in [0.2, 0.25) is 0 Å². The van der Waals surface area contributed by atoms with Gasteiger partial charge in [-0.3, -0.25) is 0 Å². The van der Waals surface area contributed by atoms with Gasteiger partial charge in [-0.2, -0.15) is 10.1 Å². The van der Waals surface area contributed by atoms with Crippen molar-refractivity contribution >= 4 is 17.7 Å². The van der Waals surface area contributed by atoms with Crippen LogP contribution >= 0.6 is 0 Å². The number of anilines is 3. The van der Waals surface area contributed by atoms with Gasteiger partial charge in [0.05, 0.1) is 12.3 Å². The minimum Gasteiger partial charge on any atom is -0.376 e. The summed E-state index contributed by atoms with van der Waals surface area (Å²) in [6.07, 6.45) is 7.72. The van der Waals surface area contributed by atoms with Crippen molar-refractivity contribution in [3.63, 3.8) is 0 Å². The first-order chi connectivity index (χ1) is 12.4. The second kappa shape index (κ2) is 7.56. The smallest absolute Gasteiger partial charge is 0.244 e. The molecule has 1 unspecified atom stereocenters. The van der Waals surface area contributed by atoms with Gasteiger partial charge in [-0.1, -0.05) is 0 Å². The molecule has 2 aromatic rings. The Morgan fingerprint density at radius 1 is 1.12 bits per heavy atom. The van der Waals surface area contributed by atoms with Crippen molar-refractivity contribution in [2.75, 3.05) is 54.4 Å². The topological polar surface area (TPSA) is 92.2 Å². The van der Waals surface area contributed by atoms with Crippen molar-refractivity contribution in [1.29, 1.82) is 0 Å². The van der Waals surface area contributed by atoms with Gasteiger partial charge >= 0.3 is 0 Å². The van der Waals surface area contributed by atoms with E-state index < -0.39 is 0 Å². The quantitative estimate of drug-likeness (QED) is 0.837. The van der Waals surface area contributed by atoms with Gasteiger partial charge in [-0.25, -0.2) is 9.97 Å². The number of aromatic nitrogens is 5. The lowest BCUT2D eigenvalue weighted by Crippen LogP contribution is -2.47. The van der Waals surface area contributed by atoms with E-state index in [2.05, 4.69) is 40.3 Å². The molecule has 2 aliphatic heterocycles. The van der Waals surface area contributed by atoms with Crippen LogP contribution in [0.25, 0.3) is 0 Å². The molecule has 0 aliphatic carbocycles. The van der Waals surface area contributed by atoms with E-state index in [0.717, 1.165) is 63.9 Å². The molecule has 1 atom stereocenters. The fourth-order valence-corrected chi connectivity index (χ4v) is 3.12. The van der Waals surface area contributed by atoms with Gasteiger partial charge in [0.1, 0.15) is 0 Å². The third kappa shape index (κ3) is 3.93. The molecule has 1 N–H and O–H groups in total. The maximum Gasteiger partial charge on any atom is 0.244 e. The van der Waals surface area contributed by atoms with Gasteiger partial charge in [0.25, 0.3) is 0 Å². The maximum atomic E-state index is 5.61. The highest BCUT2D eigenvalue weighted by molar-refractivity contribution is 5.43. The Balaban J connectivity index is 1.34. The zero-order valence-electron chi connectivity index (χ0n) is 14.1. The van der Waals surface area contributed by atoms with E-state index >= 15 is 0 Å². The van der Waals surface area contributed by atoms with Gasteiger partial charge in [0, 0.05) is 51.7 Å². The predicted octanol–water partition coefficient (Wildman–Crippen LogP) is 0.579. The molecule has 0 spiro atoms. The number of hydrogen-bond acceptors (Lipinski definition) is 9. The zero-order chi connectivity index (χ0) is 16.9. The lowest BCUT2D eigenvalue weighted by Gasteiger charge is -2.35. The molecule has 0 bridgehead atoms. The van der Waals surface area contributed by atoms with Gasteiger partial charge in [-0.15, -0.1) is 5.10 Å². The van der Waals surface area contributed by atoms with E-state index in [1.54, 1.807) is 18.6 Å². The molecule has 0 radical (unpaired) electrons. The van der Waals surface area contributed by atoms with Gasteiger partial charge < -0.3 is 19.9 Å². The van der Waals surface area contributed by atoms with E-state index in [1.807, 2.05) is 6.07 Å². The third-order valence-corrected chi connectivity index (χ3v) is 4.50. The highest BCUT2D eigenvalue weighted by atomic mass is 16.5. The van der Waals surface area contributed by atoms with Gasteiger partial charge in [0.15, 0.2) is 5.82 Å². The summed E-state index contributed by atoms with van der Waals surface area (Å²) in [5.74, 6) is 2.18. The molecule has 9 heteroatoms. The minimum atomic E-state index is 0.252. The average Bonchev–Trinajstić information content (AvgIpc) is 3.21. The third-order valence-electron chi connectivity index (χ3n) is 4.50. The van der Waals surface area contributed by atoms with Crippen molar-refractivity contribution in [3.05, 3.63) is 24.7 Å². The molecule has 0 saturated carbocycles. The molecule has 2 aromatic heterocycles. The largest absolute Gasteiger partial charge is 0.376 e. The standard InChI is InChI=1S/C16H22N8O/c1-3-13(25-10-1)11-19-15-21-14(12-20-22-15)23-6-8-24(9-7-23)16-17-4-2-5-18-16/h2,4-5,12-13H,1,3,6-11H2,(H,19,21,22). The van der Waals surface area contributed by atoms with Crippen LogP contribution in [0.15, 0.2) is 24.7 Å². The summed E-state index contributed by atoms with van der Waals surface area (Å²) < 4.78 is 5.61. The molecule has 0 aromatic carbocycles. The molecule has 4 rings (SSSR count). The predicted molar refractivity (Wildman–Crippen MR) is 93.7 cm³/mol. The minimum absolute atomic E-state index is 0.252. The van der Waals surface area contributed by atoms with E-state index in [4.69, 9.17) is 4.74 Å². The number of nitrogens with zero attached hydrogens (tertiary/aromatic N) is 7. The summed E-state index contributed by atoms with van der Waals surface area (Å²) in [6.45, 7) is 4.98. The summed E-state index contributed by atoms with van der Waals surface area (Å²) >= 11 is 0. The fourth-order valence-electron chi connectivity index (χ4n) is 3.12. The van der Waals surface area contributed by atoms with E-state index in [0.29, 0.717) is 5.95 Å². The maximum absolute atomic E-state index is 5.61. The second-order valence-corrected chi connectivity index (χ2v) is 6.18. The normalized spacial score (nSPS) is 20.7. The van der Waals surface area contributed by atoms with Crippen LogP contribution in [0.4, 0.5) is 17.7 Å². The summed E-state index contributed by atoms with van der Waals surface area (Å²) in [7, 11) is 0. The highest BCUT2D eigenvalue weighted by Gasteiger charge is 2.21. The van der Waals surface area contributed by atoms with E-state index in [1.165, 1.54) is 0 Å². The SMILES string of the molecule is c1cnc(N2CCN(c3cnnc(NCC4CCCO4)n3)CC2)nc1. The van der Waals surface area contributed by atoms with Crippen LogP contribution in [0, 0.1) is 0 Å². The Kier molecular flexibility index (Phi) is 4.82. The van der Waals surface area contributed by atoms with Crippen molar-refractivity contribution in [2.24, 2.45) is 0 Å². The zero-order valence-corrected chi connectivity index (χ0v) is 14.1. The second-order valence-electron chi connectivity index (χ2n) is 6.18. The first-order valence-corrected chi connectivity index (χ1v) is 8.70. The summed E-state index contributed by atoms with van der Waals surface area (Å²) in [4.78, 5) is 17.6. The van der Waals surface area contributed by atoms with E-state index in [-0.39, 0.29) is 6.10 Å². The Morgan fingerprint density at radius 2 is 1.92 bits per heavy atom. The van der Waals surface area contributed by atoms with Crippen LogP contribution in [0.5, 0.6) is 0 Å². The Morgan fingerprint density at radius 3 is 2.68 bits per heavy atom. The molecule has 0 amide bonds. The molecular formula is C16H22N8O. The monoisotopic (exact) mass is 342 g/mol. The van der Waals surface area contributed by atoms with E-state index in [9.17, 15) is 0 Å². The average molecular weight is 342 g/mol. The van der Waals surface area contributed by atoms with Crippen LogP contribution in [-0.4, -0.2) is 70.6 Å². The number of rotatable bonds is 5. The van der Waals surface area contributed by atoms with Crippen LogP contribution in [0.3, 0.4) is 0 Å². The lowest BCUT2D eigenvalue weighted by molar-refractivity contribution is 0.120. The number of nitrogens with one attached hydrogen (secondary N) is 1. The number of piperazine rings is 1. The molecular weight excluding hydrogens is 320 g/mol.